The molecule has 1 amide bonds. The number of hydrogen-bond donors (Lipinski definition) is 1. The molecule has 4 atom stereocenters. The van der Waals surface area contributed by atoms with Gasteiger partial charge in [-0.25, -0.2) is 8.78 Å². The fourth-order valence-electron chi connectivity index (χ4n) is 5.39. The lowest BCUT2D eigenvalue weighted by Crippen LogP contribution is -2.48. The maximum Gasteiger partial charge on any atom is 0.229 e. The van der Waals surface area contributed by atoms with Crippen molar-refractivity contribution < 1.29 is 18.7 Å². The Hall–Kier alpha value is -2.41. The van der Waals surface area contributed by atoms with Crippen molar-refractivity contribution in [3.8, 4) is 0 Å². The quantitative estimate of drug-likeness (QED) is 0.558. The summed E-state index contributed by atoms with van der Waals surface area (Å²) in [5, 5.41) is 17.6. The number of benzene rings is 1. The summed E-state index contributed by atoms with van der Waals surface area (Å²) in [6, 6.07) is 3.50. The minimum absolute atomic E-state index is 0.00698. The number of halogens is 2. The molecule has 1 aliphatic carbocycles. The van der Waals surface area contributed by atoms with E-state index in [4.69, 9.17) is 0 Å². The second-order valence-electron chi connectivity index (χ2n) is 9.41. The zero-order valence-electron chi connectivity index (χ0n) is 19.1. The van der Waals surface area contributed by atoms with Crippen LogP contribution in [0.3, 0.4) is 0 Å². The highest BCUT2D eigenvalue weighted by Crippen LogP contribution is 2.53. The van der Waals surface area contributed by atoms with Gasteiger partial charge in [-0.05, 0) is 55.6 Å². The largest absolute Gasteiger partial charge is 0.394 e. The molecule has 0 spiro atoms. The summed E-state index contributed by atoms with van der Waals surface area (Å²) >= 11 is 0. The number of allylic oxidation sites excluding steroid dienone is 1. The molecule has 3 rings (SSSR count). The molecule has 1 aliphatic heterocycles. The fourth-order valence-corrected chi connectivity index (χ4v) is 5.39. The number of amides is 1. The van der Waals surface area contributed by atoms with E-state index in [1.165, 1.54) is 24.4 Å². The van der Waals surface area contributed by atoms with Crippen molar-refractivity contribution in [2.45, 2.75) is 52.5 Å². The van der Waals surface area contributed by atoms with Crippen molar-refractivity contribution in [3.63, 3.8) is 0 Å². The molecule has 1 saturated heterocycles. The number of aliphatic hydroxyl groups is 1. The van der Waals surface area contributed by atoms with E-state index in [-0.39, 0.29) is 47.6 Å². The molecule has 1 aromatic carbocycles. The van der Waals surface area contributed by atoms with Crippen LogP contribution in [0.4, 0.5) is 8.78 Å². The molecular weight excluding hydrogens is 412 g/mol. The molecule has 174 valence electrons. The first-order valence-corrected chi connectivity index (χ1v) is 11.3. The average Bonchev–Trinajstić information content (AvgIpc) is 3.36. The minimum Gasteiger partial charge on any atom is -0.394 e. The molecule has 7 heteroatoms. The van der Waals surface area contributed by atoms with E-state index in [9.17, 15) is 18.7 Å². The Morgan fingerprint density at radius 1 is 1.34 bits per heavy atom. The Bertz CT molecular complexity index is 894. The van der Waals surface area contributed by atoms with E-state index < -0.39 is 17.0 Å². The number of rotatable bonds is 7. The molecular formula is C25H33F2N3O2. The molecule has 1 heterocycles. The SMILES string of the molecule is C=CN=N/C(=C\C1[C@H](C(C)C)CC[C@]1(C)C(=O)N1CCC[C@@H]1CO)c1c(F)cccc1F. The second-order valence-corrected chi connectivity index (χ2v) is 9.41. The number of hydrogen-bond acceptors (Lipinski definition) is 4. The van der Waals surface area contributed by atoms with Gasteiger partial charge in [-0.3, -0.25) is 4.79 Å². The summed E-state index contributed by atoms with van der Waals surface area (Å²) in [6.07, 6.45) is 6.07. The summed E-state index contributed by atoms with van der Waals surface area (Å²) in [7, 11) is 0. The first-order chi connectivity index (χ1) is 15.2. The molecule has 2 fully saturated rings. The molecule has 0 radical (unpaired) electrons. The molecule has 32 heavy (non-hydrogen) atoms. The number of likely N-dealkylation sites (tertiary alicyclic amines) is 1. The first kappa shape index (κ1) is 24.2. The third-order valence-electron chi connectivity index (χ3n) is 7.19. The zero-order chi connectivity index (χ0) is 23.5. The topological polar surface area (TPSA) is 65.3 Å². The van der Waals surface area contributed by atoms with E-state index >= 15 is 0 Å². The van der Waals surface area contributed by atoms with Crippen LogP contribution >= 0.6 is 0 Å². The van der Waals surface area contributed by atoms with Gasteiger partial charge in [0.15, 0.2) is 0 Å². The van der Waals surface area contributed by atoms with Crippen molar-refractivity contribution in [1.29, 1.82) is 0 Å². The normalized spacial score (nSPS) is 28.8. The second kappa shape index (κ2) is 10.0. The van der Waals surface area contributed by atoms with Crippen LogP contribution in [0, 0.1) is 34.8 Å². The van der Waals surface area contributed by atoms with Crippen LogP contribution in [0.2, 0.25) is 0 Å². The van der Waals surface area contributed by atoms with Gasteiger partial charge in [0.2, 0.25) is 5.91 Å². The molecule has 1 aromatic rings. The van der Waals surface area contributed by atoms with Crippen LogP contribution in [0.25, 0.3) is 5.70 Å². The van der Waals surface area contributed by atoms with E-state index in [1.807, 2.05) is 6.92 Å². The molecule has 1 unspecified atom stereocenters. The van der Waals surface area contributed by atoms with Crippen molar-refractivity contribution in [2.24, 2.45) is 33.4 Å². The fraction of sp³-hybridized carbons (Fsp3) is 0.560. The smallest absolute Gasteiger partial charge is 0.229 e. The van der Waals surface area contributed by atoms with Crippen molar-refractivity contribution in [3.05, 3.63) is 54.3 Å². The summed E-state index contributed by atoms with van der Waals surface area (Å²) in [5.74, 6) is -1.35. The van der Waals surface area contributed by atoms with Crippen molar-refractivity contribution >= 4 is 11.6 Å². The molecule has 1 N–H and O–H groups in total. The van der Waals surface area contributed by atoms with Crippen LogP contribution in [0.1, 0.15) is 52.0 Å². The predicted molar refractivity (Wildman–Crippen MR) is 120 cm³/mol. The van der Waals surface area contributed by atoms with Gasteiger partial charge in [0.1, 0.15) is 11.6 Å². The van der Waals surface area contributed by atoms with Crippen LogP contribution in [0.5, 0.6) is 0 Å². The number of nitrogens with zero attached hydrogens (tertiary/aromatic N) is 3. The van der Waals surface area contributed by atoms with Gasteiger partial charge in [-0.1, -0.05) is 39.5 Å². The van der Waals surface area contributed by atoms with Crippen LogP contribution in [-0.4, -0.2) is 35.1 Å². The highest BCUT2D eigenvalue weighted by Gasteiger charge is 2.52. The van der Waals surface area contributed by atoms with Crippen molar-refractivity contribution in [2.75, 3.05) is 13.2 Å². The lowest BCUT2D eigenvalue weighted by molar-refractivity contribution is -0.144. The first-order valence-electron chi connectivity index (χ1n) is 11.3. The third-order valence-corrected chi connectivity index (χ3v) is 7.19. The highest BCUT2D eigenvalue weighted by atomic mass is 19.1. The van der Waals surface area contributed by atoms with Gasteiger partial charge in [0.25, 0.3) is 0 Å². The minimum atomic E-state index is -0.761. The van der Waals surface area contributed by atoms with Gasteiger partial charge >= 0.3 is 0 Å². The molecule has 5 nitrogen and oxygen atoms in total. The lowest BCUT2D eigenvalue weighted by atomic mass is 9.72. The average molecular weight is 446 g/mol. The number of aliphatic hydroxyl groups excluding tert-OH is 1. The van der Waals surface area contributed by atoms with Gasteiger partial charge < -0.3 is 10.0 Å². The van der Waals surface area contributed by atoms with Gasteiger partial charge in [0, 0.05) is 12.7 Å². The maximum absolute atomic E-state index is 14.6. The van der Waals surface area contributed by atoms with Crippen LogP contribution < -0.4 is 0 Å². The summed E-state index contributed by atoms with van der Waals surface area (Å²) in [6.45, 7) is 10.2. The number of carbonyl (C=O) groups excluding carboxylic acids is 1. The molecule has 1 saturated carbocycles. The van der Waals surface area contributed by atoms with Crippen LogP contribution in [-0.2, 0) is 4.79 Å². The van der Waals surface area contributed by atoms with E-state index in [1.54, 1.807) is 11.0 Å². The standard InChI is InChI=1S/C25H33F2N3O2/c1-5-28-29-22(23-20(26)9-6-10-21(23)27)14-19-18(16(2)3)11-12-25(19,4)24(32)30-13-7-8-17(30)15-31/h5-6,9-10,14,16-19,31H,1,7-8,11-13,15H2,2-4H3/b22-14-,29-28?/t17-,18+,19?,25+/m1/s1. The van der Waals surface area contributed by atoms with E-state index in [0.717, 1.165) is 19.3 Å². The number of carbonyl (C=O) groups is 1. The Morgan fingerprint density at radius 2 is 2.03 bits per heavy atom. The summed E-state index contributed by atoms with van der Waals surface area (Å²) in [4.78, 5) is 15.5. The van der Waals surface area contributed by atoms with Crippen molar-refractivity contribution in [1.82, 2.24) is 4.90 Å². The van der Waals surface area contributed by atoms with E-state index in [2.05, 4.69) is 30.7 Å². The molecule has 2 aliphatic rings. The molecule has 0 aromatic heterocycles. The van der Waals surface area contributed by atoms with Gasteiger partial charge in [-0.2, -0.15) is 10.2 Å². The maximum atomic E-state index is 14.6. The number of azo groups is 1. The highest BCUT2D eigenvalue weighted by molar-refractivity contribution is 5.84. The Labute approximate surface area is 188 Å². The third kappa shape index (κ3) is 4.53. The Morgan fingerprint density at radius 3 is 2.62 bits per heavy atom. The summed E-state index contributed by atoms with van der Waals surface area (Å²) < 4.78 is 29.3. The van der Waals surface area contributed by atoms with E-state index in [0.29, 0.717) is 13.0 Å². The molecule has 0 bridgehead atoms. The lowest BCUT2D eigenvalue weighted by Gasteiger charge is -2.37. The monoisotopic (exact) mass is 445 g/mol. The summed E-state index contributed by atoms with van der Waals surface area (Å²) in [5.41, 5.74) is -0.947. The van der Waals surface area contributed by atoms with Gasteiger partial charge in [-0.15, -0.1) is 0 Å². The zero-order valence-corrected chi connectivity index (χ0v) is 19.1. The Balaban J connectivity index is 2.11. The van der Waals surface area contributed by atoms with Crippen LogP contribution in [0.15, 0.2) is 47.3 Å². The predicted octanol–water partition coefficient (Wildman–Crippen LogP) is 5.57. The van der Waals surface area contributed by atoms with Gasteiger partial charge in [0.05, 0.1) is 29.3 Å². The Kier molecular flexibility index (Phi) is 7.59.